The molecule has 0 spiro atoms. The standard InChI is InChI=1S/C13H22ClN3O/c1-5-9(3)10(4)15-12-7-11(14)16-13(17-12)8-18-6-2/h7,9-10H,5-6,8H2,1-4H3,(H,15,16,17). The van der Waals surface area contributed by atoms with Gasteiger partial charge in [0.25, 0.3) is 0 Å². The highest BCUT2D eigenvalue weighted by Gasteiger charge is 2.11. The lowest BCUT2D eigenvalue weighted by molar-refractivity contribution is 0.128. The van der Waals surface area contributed by atoms with E-state index in [9.17, 15) is 0 Å². The van der Waals surface area contributed by atoms with Gasteiger partial charge in [-0.1, -0.05) is 31.9 Å². The van der Waals surface area contributed by atoms with Crippen LogP contribution in [0.15, 0.2) is 6.07 Å². The summed E-state index contributed by atoms with van der Waals surface area (Å²) in [6.45, 7) is 9.50. The summed E-state index contributed by atoms with van der Waals surface area (Å²) in [6.07, 6.45) is 1.12. The van der Waals surface area contributed by atoms with Crippen molar-refractivity contribution in [3.05, 3.63) is 17.0 Å². The van der Waals surface area contributed by atoms with Crippen LogP contribution in [0.2, 0.25) is 5.15 Å². The lowest BCUT2D eigenvalue weighted by atomic mass is 10.0. The van der Waals surface area contributed by atoms with Gasteiger partial charge in [-0.2, -0.15) is 0 Å². The normalized spacial score (nSPS) is 14.3. The van der Waals surface area contributed by atoms with Gasteiger partial charge in [0.05, 0.1) is 0 Å². The Morgan fingerprint density at radius 2 is 2.06 bits per heavy atom. The van der Waals surface area contributed by atoms with Gasteiger partial charge in [-0.15, -0.1) is 0 Å². The van der Waals surface area contributed by atoms with Crippen LogP contribution in [0.4, 0.5) is 5.82 Å². The Morgan fingerprint density at radius 1 is 1.33 bits per heavy atom. The molecule has 1 aromatic heterocycles. The fraction of sp³-hybridized carbons (Fsp3) is 0.692. The highest BCUT2D eigenvalue weighted by Crippen LogP contribution is 2.16. The maximum atomic E-state index is 5.98. The minimum atomic E-state index is 0.348. The number of halogens is 1. The van der Waals surface area contributed by atoms with E-state index in [2.05, 4.69) is 36.1 Å². The first-order valence-corrected chi connectivity index (χ1v) is 6.82. The van der Waals surface area contributed by atoms with Crippen molar-refractivity contribution >= 4 is 17.4 Å². The van der Waals surface area contributed by atoms with Gasteiger partial charge < -0.3 is 10.1 Å². The molecule has 0 aliphatic rings. The third kappa shape index (κ3) is 4.78. The molecule has 5 heteroatoms. The van der Waals surface area contributed by atoms with Crippen LogP contribution < -0.4 is 5.32 Å². The molecule has 1 aromatic rings. The Balaban J connectivity index is 2.73. The van der Waals surface area contributed by atoms with E-state index in [1.807, 2.05) is 6.92 Å². The summed E-state index contributed by atoms with van der Waals surface area (Å²) in [5.74, 6) is 1.95. The molecule has 1 N–H and O–H groups in total. The molecule has 0 aliphatic heterocycles. The first kappa shape index (κ1) is 15.2. The Hall–Kier alpha value is -0.870. The van der Waals surface area contributed by atoms with Crippen molar-refractivity contribution in [1.82, 2.24) is 9.97 Å². The molecule has 2 unspecified atom stereocenters. The number of rotatable bonds is 7. The number of ether oxygens (including phenoxy) is 1. The molecule has 0 amide bonds. The molecule has 4 nitrogen and oxygen atoms in total. The van der Waals surface area contributed by atoms with E-state index in [0.717, 1.165) is 12.2 Å². The van der Waals surface area contributed by atoms with Crippen molar-refractivity contribution in [2.45, 2.75) is 46.8 Å². The van der Waals surface area contributed by atoms with E-state index in [1.165, 1.54) is 0 Å². The zero-order chi connectivity index (χ0) is 13.5. The molecule has 0 saturated heterocycles. The molecule has 1 rings (SSSR count). The first-order valence-electron chi connectivity index (χ1n) is 6.44. The van der Waals surface area contributed by atoms with Gasteiger partial charge in [0.1, 0.15) is 17.6 Å². The summed E-state index contributed by atoms with van der Waals surface area (Å²) in [5.41, 5.74) is 0. The Morgan fingerprint density at radius 3 is 2.67 bits per heavy atom. The van der Waals surface area contributed by atoms with E-state index in [0.29, 0.717) is 36.2 Å². The predicted molar refractivity (Wildman–Crippen MR) is 74.9 cm³/mol. The van der Waals surface area contributed by atoms with E-state index >= 15 is 0 Å². The molecular weight excluding hydrogens is 250 g/mol. The monoisotopic (exact) mass is 271 g/mol. The fourth-order valence-corrected chi connectivity index (χ4v) is 1.73. The van der Waals surface area contributed by atoms with Gasteiger partial charge in [-0.05, 0) is 19.8 Å². The predicted octanol–water partition coefficient (Wildman–Crippen LogP) is 3.51. The third-order valence-electron chi connectivity index (χ3n) is 3.05. The number of anilines is 1. The molecule has 0 saturated carbocycles. The molecule has 0 radical (unpaired) electrons. The molecule has 0 aromatic carbocycles. The topological polar surface area (TPSA) is 47.0 Å². The summed E-state index contributed by atoms with van der Waals surface area (Å²) < 4.78 is 5.29. The zero-order valence-corrected chi connectivity index (χ0v) is 12.3. The lowest BCUT2D eigenvalue weighted by Gasteiger charge is -2.20. The average Bonchev–Trinajstić information content (AvgIpc) is 2.34. The maximum Gasteiger partial charge on any atom is 0.158 e. The summed E-state index contributed by atoms with van der Waals surface area (Å²) in [7, 11) is 0. The van der Waals surface area contributed by atoms with E-state index < -0.39 is 0 Å². The number of aromatic nitrogens is 2. The van der Waals surface area contributed by atoms with Gasteiger partial charge in [-0.3, -0.25) is 0 Å². The molecule has 0 fully saturated rings. The first-order chi connectivity index (χ1) is 8.56. The quantitative estimate of drug-likeness (QED) is 0.771. The van der Waals surface area contributed by atoms with Gasteiger partial charge in [0, 0.05) is 18.7 Å². The SMILES string of the molecule is CCOCc1nc(Cl)cc(NC(C)C(C)CC)n1. The Labute approximate surface area is 114 Å². The minimum Gasteiger partial charge on any atom is -0.374 e. The van der Waals surface area contributed by atoms with Crippen LogP contribution >= 0.6 is 11.6 Å². The maximum absolute atomic E-state index is 5.98. The average molecular weight is 272 g/mol. The second-order valence-electron chi connectivity index (χ2n) is 4.45. The van der Waals surface area contributed by atoms with Crippen LogP contribution in [0.25, 0.3) is 0 Å². The van der Waals surface area contributed by atoms with Gasteiger partial charge in [-0.25, -0.2) is 9.97 Å². The van der Waals surface area contributed by atoms with Crippen molar-refractivity contribution < 1.29 is 4.74 Å². The third-order valence-corrected chi connectivity index (χ3v) is 3.24. The number of hydrogen-bond donors (Lipinski definition) is 1. The minimum absolute atomic E-state index is 0.348. The highest BCUT2D eigenvalue weighted by atomic mass is 35.5. The molecule has 0 bridgehead atoms. The molecular formula is C13H22ClN3O. The fourth-order valence-electron chi connectivity index (χ4n) is 1.53. The Kier molecular flexibility index (Phi) is 6.36. The van der Waals surface area contributed by atoms with Crippen molar-refractivity contribution in [2.75, 3.05) is 11.9 Å². The number of nitrogens with zero attached hydrogens (tertiary/aromatic N) is 2. The zero-order valence-electron chi connectivity index (χ0n) is 11.5. The van der Waals surface area contributed by atoms with Gasteiger partial charge in [0.2, 0.25) is 0 Å². The molecule has 1 heterocycles. The smallest absolute Gasteiger partial charge is 0.158 e. The van der Waals surface area contributed by atoms with Crippen molar-refractivity contribution in [3.63, 3.8) is 0 Å². The van der Waals surface area contributed by atoms with Gasteiger partial charge >= 0.3 is 0 Å². The second-order valence-corrected chi connectivity index (χ2v) is 4.84. The second kappa shape index (κ2) is 7.54. The largest absolute Gasteiger partial charge is 0.374 e. The molecule has 18 heavy (non-hydrogen) atoms. The van der Waals surface area contributed by atoms with Crippen LogP contribution in [0, 0.1) is 5.92 Å². The van der Waals surface area contributed by atoms with Crippen LogP contribution in [0.5, 0.6) is 0 Å². The molecule has 0 aliphatic carbocycles. The molecule has 102 valence electrons. The van der Waals surface area contributed by atoms with Crippen LogP contribution in [-0.2, 0) is 11.3 Å². The molecule has 2 atom stereocenters. The van der Waals surface area contributed by atoms with Crippen molar-refractivity contribution in [3.8, 4) is 0 Å². The Bertz CT molecular complexity index is 373. The van der Waals surface area contributed by atoms with Crippen molar-refractivity contribution in [2.24, 2.45) is 5.92 Å². The van der Waals surface area contributed by atoms with Crippen LogP contribution in [-0.4, -0.2) is 22.6 Å². The van der Waals surface area contributed by atoms with Crippen molar-refractivity contribution in [1.29, 1.82) is 0 Å². The number of hydrogen-bond acceptors (Lipinski definition) is 4. The summed E-state index contributed by atoms with van der Waals surface area (Å²) >= 11 is 5.98. The highest BCUT2D eigenvalue weighted by molar-refractivity contribution is 6.29. The van der Waals surface area contributed by atoms with Crippen LogP contribution in [0.3, 0.4) is 0 Å². The van der Waals surface area contributed by atoms with Crippen LogP contribution in [0.1, 0.15) is 39.9 Å². The van der Waals surface area contributed by atoms with E-state index in [-0.39, 0.29) is 0 Å². The number of nitrogens with one attached hydrogen (secondary N) is 1. The van der Waals surface area contributed by atoms with Gasteiger partial charge in [0.15, 0.2) is 5.82 Å². The summed E-state index contributed by atoms with van der Waals surface area (Å²) in [5, 5.41) is 3.80. The van der Waals surface area contributed by atoms with E-state index in [1.54, 1.807) is 6.07 Å². The summed E-state index contributed by atoms with van der Waals surface area (Å²) in [6, 6.07) is 2.09. The summed E-state index contributed by atoms with van der Waals surface area (Å²) in [4.78, 5) is 8.53. The van der Waals surface area contributed by atoms with E-state index in [4.69, 9.17) is 16.3 Å². The lowest BCUT2D eigenvalue weighted by Crippen LogP contribution is -2.24.